The first-order chi connectivity index (χ1) is 18.4. The molecule has 2 amide bonds. The van der Waals surface area contributed by atoms with Gasteiger partial charge in [0.15, 0.2) is 0 Å². The van der Waals surface area contributed by atoms with E-state index in [4.69, 9.17) is 46.4 Å². The first kappa shape index (κ1) is 31.0. The summed E-state index contributed by atoms with van der Waals surface area (Å²) in [4.78, 5) is 28.0. The minimum Gasteiger partial charge on any atom is -0.354 e. The van der Waals surface area contributed by atoms with Crippen molar-refractivity contribution in [2.24, 2.45) is 0 Å². The molecule has 3 aromatic rings. The Labute approximate surface area is 248 Å². The van der Waals surface area contributed by atoms with Gasteiger partial charge in [0.1, 0.15) is 12.6 Å². The van der Waals surface area contributed by atoms with Gasteiger partial charge in [-0.15, -0.1) is 0 Å². The highest BCUT2D eigenvalue weighted by atomic mass is 35.5. The first-order valence-corrected chi connectivity index (χ1v) is 14.9. The zero-order chi connectivity index (χ0) is 28.7. The Balaban J connectivity index is 2.05. The molecule has 1 N–H and O–H groups in total. The Morgan fingerprint density at radius 3 is 2.21 bits per heavy atom. The SMILES string of the molecule is CCCNC(=O)C(C)N(Cc1ccc(Cl)c(Cl)c1)C(=O)CN(c1ccc(Cl)cc1Cl)S(=O)(=O)c1ccccc1. The third-order valence-corrected chi connectivity index (χ3v) is 8.89. The Bertz CT molecular complexity index is 1440. The third kappa shape index (κ3) is 7.80. The molecule has 0 aromatic heterocycles. The second kappa shape index (κ2) is 13.7. The molecule has 39 heavy (non-hydrogen) atoms. The van der Waals surface area contributed by atoms with Crippen LogP contribution in [0.2, 0.25) is 20.1 Å². The molecule has 12 heteroatoms. The van der Waals surface area contributed by atoms with Gasteiger partial charge in [-0.05, 0) is 61.4 Å². The number of rotatable bonds is 11. The summed E-state index contributed by atoms with van der Waals surface area (Å²) in [6.07, 6.45) is 0.706. The van der Waals surface area contributed by atoms with Gasteiger partial charge in [0, 0.05) is 18.1 Å². The van der Waals surface area contributed by atoms with Crippen LogP contribution >= 0.6 is 46.4 Å². The van der Waals surface area contributed by atoms with E-state index in [0.717, 1.165) is 4.31 Å². The number of hydrogen-bond donors (Lipinski definition) is 1. The lowest BCUT2D eigenvalue weighted by molar-refractivity contribution is -0.139. The van der Waals surface area contributed by atoms with Crippen molar-refractivity contribution < 1.29 is 18.0 Å². The predicted molar refractivity (Wildman–Crippen MR) is 157 cm³/mol. The fraction of sp³-hybridized carbons (Fsp3) is 0.259. The zero-order valence-corrected chi connectivity index (χ0v) is 25.0. The molecule has 0 bridgehead atoms. The van der Waals surface area contributed by atoms with E-state index in [-0.39, 0.29) is 33.1 Å². The lowest BCUT2D eigenvalue weighted by Crippen LogP contribution is -2.51. The van der Waals surface area contributed by atoms with Crippen LogP contribution in [-0.2, 0) is 26.2 Å². The predicted octanol–water partition coefficient (Wildman–Crippen LogP) is 6.44. The standard InChI is InChI=1S/C27H27Cl4N3O4S/c1-3-13-32-27(36)18(2)33(16-19-9-11-22(29)23(30)14-19)26(35)17-34(25-12-10-20(28)15-24(25)31)39(37,38)21-7-5-4-6-8-21/h4-12,14-15,18H,3,13,16-17H2,1-2H3,(H,32,36). The van der Waals surface area contributed by atoms with Gasteiger partial charge in [-0.1, -0.05) is 77.6 Å². The molecule has 0 aliphatic carbocycles. The van der Waals surface area contributed by atoms with E-state index in [1.165, 1.54) is 35.2 Å². The van der Waals surface area contributed by atoms with E-state index < -0.39 is 28.5 Å². The van der Waals surface area contributed by atoms with Gasteiger partial charge < -0.3 is 10.2 Å². The number of nitrogens with one attached hydrogen (secondary N) is 1. The summed E-state index contributed by atoms with van der Waals surface area (Å²) in [7, 11) is -4.24. The molecule has 0 fully saturated rings. The zero-order valence-electron chi connectivity index (χ0n) is 21.2. The molecule has 7 nitrogen and oxygen atoms in total. The van der Waals surface area contributed by atoms with Crippen LogP contribution in [0.4, 0.5) is 5.69 Å². The second-order valence-electron chi connectivity index (χ2n) is 8.66. The molecule has 0 radical (unpaired) electrons. The van der Waals surface area contributed by atoms with Crippen LogP contribution in [0.15, 0.2) is 71.6 Å². The molecular formula is C27H27Cl4N3O4S. The van der Waals surface area contributed by atoms with Crippen molar-refractivity contribution in [3.05, 3.63) is 92.4 Å². The summed E-state index contributed by atoms with van der Waals surface area (Å²) < 4.78 is 28.4. The average Bonchev–Trinajstić information content (AvgIpc) is 2.91. The van der Waals surface area contributed by atoms with E-state index >= 15 is 0 Å². The van der Waals surface area contributed by atoms with Gasteiger partial charge >= 0.3 is 0 Å². The fourth-order valence-electron chi connectivity index (χ4n) is 3.73. The van der Waals surface area contributed by atoms with Crippen LogP contribution in [-0.4, -0.2) is 44.3 Å². The summed E-state index contributed by atoms with van der Waals surface area (Å²) in [5.41, 5.74) is 0.672. The maximum atomic E-state index is 13.9. The minimum absolute atomic E-state index is 0.0238. The number of halogens is 4. The van der Waals surface area contributed by atoms with Crippen molar-refractivity contribution in [1.82, 2.24) is 10.2 Å². The minimum atomic E-state index is -4.24. The number of benzene rings is 3. The van der Waals surface area contributed by atoms with Gasteiger partial charge in [-0.2, -0.15) is 0 Å². The average molecular weight is 631 g/mol. The summed E-state index contributed by atoms with van der Waals surface area (Å²) in [6, 6.07) is 15.9. The number of hydrogen-bond acceptors (Lipinski definition) is 4. The Kier molecular flexibility index (Phi) is 10.9. The molecule has 0 heterocycles. The monoisotopic (exact) mass is 629 g/mol. The van der Waals surface area contributed by atoms with E-state index in [0.29, 0.717) is 28.6 Å². The fourth-order valence-corrected chi connectivity index (χ4v) is 6.07. The maximum absolute atomic E-state index is 13.9. The van der Waals surface area contributed by atoms with Crippen molar-refractivity contribution in [3.8, 4) is 0 Å². The number of nitrogens with zero attached hydrogens (tertiary/aromatic N) is 2. The quantitative estimate of drug-likeness (QED) is 0.264. The summed E-state index contributed by atoms with van der Waals surface area (Å²) in [5, 5.41) is 3.75. The summed E-state index contributed by atoms with van der Waals surface area (Å²) in [6.45, 7) is 3.25. The van der Waals surface area contributed by atoms with E-state index in [1.807, 2.05) is 6.92 Å². The van der Waals surface area contributed by atoms with Gasteiger partial charge in [-0.25, -0.2) is 8.42 Å². The Hall–Kier alpha value is -2.49. The Morgan fingerprint density at radius 1 is 0.897 bits per heavy atom. The number of carbonyl (C=O) groups excluding carboxylic acids is 2. The van der Waals surface area contributed by atoms with Crippen molar-refractivity contribution in [1.29, 1.82) is 0 Å². The third-order valence-electron chi connectivity index (χ3n) is 5.84. The van der Waals surface area contributed by atoms with Gasteiger partial charge in [-0.3, -0.25) is 13.9 Å². The largest absolute Gasteiger partial charge is 0.354 e. The lowest BCUT2D eigenvalue weighted by Gasteiger charge is -2.32. The van der Waals surface area contributed by atoms with Crippen LogP contribution in [0.25, 0.3) is 0 Å². The summed E-state index contributed by atoms with van der Waals surface area (Å²) in [5.74, 6) is -1.02. The highest BCUT2D eigenvalue weighted by Crippen LogP contribution is 2.33. The van der Waals surface area contributed by atoms with Crippen molar-refractivity contribution in [3.63, 3.8) is 0 Å². The van der Waals surface area contributed by atoms with Crippen LogP contribution in [0.1, 0.15) is 25.8 Å². The van der Waals surface area contributed by atoms with Crippen LogP contribution in [0, 0.1) is 0 Å². The molecule has 0 saturated heterocycles. The topological polar surface area (TPSA) is 86.8 Å². The smallest absolute Gasteiger partial charge is 0.264 e. The number of carbonyl (C=O) groups is 2. The van der Waals surface area contributed by atoms with Gasteiger partial charge in [0.2, 0.25) is 11.8 Å². The summed E-state index contributed by atoms with van der Waals surface area (Å²) >= 11 is 24.7. The highest BCUT2D eigenvalue weighted by molar-refractivity contribution is 7.92. The normalized spacial score (nSPS) is 12.1. The maximum Gasteiger partial charge on any atom is 0.264 e. The molecule has 3 aromatic carbocycles. The lowest BCUT2D eigenvalue weighted by atomic mass is 10.1. The molecule has 1 unspecified atom stereocenters. The van der Waals surface area contributed by atoms with E-state index in [9.17, 15) is 18.0 Å². The molecule has 0 spiro atoms. The van der Waals surface area contributed by atoms with Crippen LogP contribution in [0.3, 0.4) is 0 Å². The first-order valence-electron chi connectivity index (χ1n) is 12.0. The molecule has 0 saturated carbocycles. The van der Waals surface area contributed by atoms with Gasteiger partial charge in [0.25, 0.3) is 10.0 Å². The van der Waals surface area contributed by atoms with Crippen LogP contribution in [0.5, 0.6) is 0 Å². The number of anilines is 1. The molecule has 208 valence electrons. The molecule has 0 aliphatic rings. The van der Waals surface area contributed by atoms with E-state index in [1.54, 1.807) is 43.3 Å². The van der Waals surface area contributed by atoms with Crippen molar-refractivity contribution in [2.75, 3.05) is 17.4 Å². The van der Waals surface area contributed by atoms with Crippen molar-refractivity contribution in [2.45, 2.75) is 37.8 Å². The second-order valence-corrected chi connectivity index (χ2v) is 12.2. The number of amides is 2. The molecular weight excluding hydrogens is 604 g/mol. The van der Waals surface area contributed by atoms with Gasteiger partial charge in [0.05, 0.1) is 25.7 Å². The van der Waals surface area contributed by atoms with Crippen LogP contribution < -0.4 is 9.62 Å². The van der Waals surface area contributed by atoms with Crippen molar-refractivity contribution >= 4 is 73.9 Å². The Morgan fingerprint density at radius 2 is 1.59 bits per heavy atom. The molecule has 1 atom stereocenters. The molecule has 0 aliphatic heterocycles. The highest BCUT2D eigenvalue weighted by Gasteiger charge is 2.33. The van der Waals surface area contributed by atoms with E-state index in [2.05, 4.69) is 5.32 Å². The molecule has 3 rings (SSSR count). The number of sulfonamides is 1.